The van der Waals surface area contributed by atoms with E-state index in [9.17, 15) is 9.90 Å². The Morgan fingerprint density at radius 3 is 2.62 bits per heavy atom. The average Bonchev–Trinajstić information content (AvgIpc) is 3.58. The highest BCUT2D eigenvalue weighted by Crippen LogP contribution is 2.44. The Morgan fingerprint density at radius 2 is 1.85 bits per heavy atom. The molecule has 0 radical (unpaired) electrons. The lowest BCUT2D eigenvalue weighted by Gasteiger charge is -2.24. The quantitative estimate of drug-likeness (QED) is 0.376. The molecule has 1 N–H and O–H groups in total. The van der Waals surface area contributed by atoms with Crippen LogP contribution in [0.15, 0.2) is 65.1 Å². The van der Waals surface area contributed by atoms with Gasteiger partial charge in [0, 0.05) is 23.5 Å². The van der Waals surface area contributed by atoms with Crippen LogP contribution in [0.5, 0.6) is 0 Å². The minimum absolute atomic E-state index is 0.0692. The number of nitrogens with zero attached hydrogens (tertiary/aromatic N) is 1. The van der Waals surface area contributed by atoms with E-state index in [1.165, 1.54) is 0 Å². The van der Waals surface area contributed by atoms with Crippen LogP contribution in [-0.2, 0) is 11.2 Å². The number of carbonyl (C=O) groups is 1. The molecule has 1 aromatic heterocycles. The van der Waals surface area contributed by atoms with Gasteiger partial charge in [-0.25, -0.2) is 4.39 Å². The zero-order valence-electron chi connectivity index (χ0n) is 19.1. The van der Waals surface area contributed by atoms with E-state index in [0.29, 0.717) is 36.3 Å². The second-order valence-electron chi connectivity index (χ2n) is 9.50. The molecule has 1 aliphatic heterocycles. The van der Waals surface area contributed by atoms with Gasteiger partial charge in [-0.2, -0.15) is 0 Å². The number of furan rings is 1. The lowest BCUT2D eigenvalue weighted by atomic mass is 9.95. The zero-order valence-corrected chi connectivity index (χ0v) is 19.1. The molecular weight excluding hydrogens is 429 g/mol. The summed E-state index contributed by atoms with van der Waals surface area (Å²) >= 11 is 0. The van der Waals surface area contributed by atoms with Gasteiger partial charge in [0.25, 0.3) is 0 Å². The number of carboxylic acids is 1. The SMILES string of the molecule is Cc1c(-c2ccccc2)cccc1-c1cc2cc3c(c(F)c2o1)CCC3N1CCC(C(=O)O)C1. The van der Waals surface area contributed by atoms with Crippen LogP contribution in [0.3, 0.4) is 0 Å². The van der Waals surface area contributed by atoms with Crippen LogP contribution in [0.25, 0.3) is 33.4 Å². The Labute approximate surface area is 197 Å². The van der Waals surface area contributed by atoms with Crippen LogP contribution in [0.4, 0.5) is 4.39 Å². The van der Waals surface area contributed by atoms with Gasteiger partial charge >= 0.3 is 5.97 Å². The van der Waals surface area contributed by atoms with Crippen LogP contribution < -0.4 is 0 Å². The van der Waals surface area contributed by atoms with E-state index in [1.807, 2.05) is 36.4 Å². The maximum atomic E-state index is 15.6. The molecule has 5 heteroatoms. The van der Waals surface area contributed by atoms with Gasteiger partial charge in [0.05, 0.1) is 5.92 Å². The smallest absolute Gasteiger partial charge is 0.307 e. The van der Waals surface area contributed by atoms with Gasteiger partial charge in [0.15, 0.2) is 11.4 Å². The van der Waals surface area contributed by atoms with E-state index < -0.39 is 5.97 Å². The third-order valence-corrected chi connectivity index (χ3v) is 7.61. The first kappa shape index (κ1) is 21.1. The van der Waals surface area contributed by atoms with Gasteiger partial charge in [0.2, 0.25) is 0 Å². The molecule has 2 unspecified atom stereocenters. The summed E-state index contributed by atoms with van der Waals surface area (Å²) in [6.07, 6.45) is 2.11. The van der Waals surface area contributed by atoms with Crippen molar-refractivity contribution < 1.29 is 18.7 Å². The molecule has 0 saturated carbocycles. The fraction of sp³-hybridized carbons (Fsp3) is 0.276. The lowest BCUT2D eigenvalue weighted by Crippen LogP contribution is -2.26. The normalized spacial score (nSPS) is 20.2. The van der Waals surface area contributed by atoms with E-state index in [4.69, 9.17) is 4.42 Å². The molecule has 0 bridgehead atoms. The molecule has 1 fully saturated rings. The van der Waals surface area contributed by atoms with Crippen LogP contribution in [0.1, 0.15) is 35.6 Å². The second-order valence-corrected chi connectivity index (χ2v) is 9.50. The van der Waals surface area contributed by atoms with E-state index in [2.05, 4.69) is 36.1 Å². The number of benzene rings is 3. The Balaban J connectivity index is 1.39. The van der Waals surface area contributed by atoms with Gasteiger partial charge in [0.1, 0.15) is 5.76 Å². The summed E-state index contributed by atoms with van der Waals surface area (Å²) in [5.74, 6) is -0.684. The Morgan fingerprint density at radius 1 is 1.06 bits per heavy atom. The molecule has 1 aliphatic carbocycles. The summed E-state index contributed by atoms with van der Waals surface area (Å²) in [6, 6.07) is 20.4. The number of hydrogen-bond acceptors (Lipinski definition) is 3. The van der Waals surface area contributed by atoms with Crippen molar-refractivity contribution in [3.8, 4) is 22.5 Å². The van der Waals surface area contributed by atoms with Crippen molar-refractivity contribution in [2.24, 2.45) is 5.92 Å². The van der Waals surface area contributed by atoms with Crippen molar-refractivity contribution in [3.63, 3.8) is 0 Å². The minimum Gasteiger partial charge on any atom is -0.481 e. The number of likely N-dealkylation sites (tertiary alicyclic amines) is 1. The predicted octanol–water partition coefficient (Wildman–Crippen LogP) is 6.61. The molecule has 4 nitrogen and oxygen atoms in total. The van der Waals surface area contributed by atoms with Crippen molar-refractivity contribution in [2.75, 3.05) is 13.1 Å². The summed E-state index contributed by atoms with van der Waals surface area (Å²) in [5, 5.41) is 10.1. The van der Waals surface area contributed by atoms with E-state index in [0.717, 1.165) is 46.2 Å². The lowest BCUT2D eigenvalue weighted by molar-refractivity contribution is -0.141. The molecule has 6 rings (SSSR count). The molecular formula is C29H26FNO3. The summed E-state index contributed by atoms with van der Waals surface area (Å²) in [5.41, 5.74) is 6.32. The van der Waals surface area contributed by atoms with Gasteiger partial charge in [-0.05, 0) is 72.7 Å². The molecule has 3 aromatic carbocycles. The molecule has 1 saturated heterocycles. The Bertz CT molecular complexity index is 1410. The highest BCUT2D eigenvalue weighted by atomic mass is 19.1. The number of halogens is 1. The topological polar surface area (TPSA) is 53.7 Å². The molecule has 4 aromatic rings. The van der Waals surface area contributed by atoms with Crippen LogP contribution >= 0.6 is 0 Å². The van der Waals surface area contributed by atoms with Gasteiger partial charge in [-0.3, -0.25) is 9.69 Å². The predicted molar refractivity (Wildman–Crippen MR) is 130 cm³/mol. The van der Waals surface area contributed by atoms with E-state index in [-0.39, 0.29) is 17.8 Å². The summed E-state index contributed by atoms with van der Waals surface area (Å²) in [7, 11) is 0. The number of fused-ring (bicyclic) bond motifs is 2. The number of rotatable bonds is 4. The highest BCUT2D eigenvalue weighted by Gasteiger charge is 2.37. The second kappa shape index (κ2) is 8.10. The van der Waals surface area contributed by atoms with Crippen molar-refractivity contribution in [1.29, 1.82) is 0 Å². The monoisotopic (exact) mass is 455 g/mol. The number of aliphatic carboxylic acids is 1. The first-order valence-electron chi connectivity index (χ1n) is 11.9. The first-order valence-corrected chi connectivity index (χ1v) is 11.9. The first-order chi connectivity index (χ1) is 16.5. The largest absolute Gasteiger partial charge is 0.481 e. The maximum Gasteiger partial charge on any atom is 0.307 e. The molecule has 2 atom stereocenters. The molecule has 34 heavy (non-hydrogen) atoms. The zero-order chi connectivity index (χ0) is 23.4. The summed E-state index contributed by atoms with van der Waals surface area (Å²) in [4.78, 5) is 13.6. The fourth-order valence-electron chi connectivity index (χ4n) is 5.81. The van der Waals surface area contributed by atoms with Gasteiger partial charge in [-0.15, -0.1) is 0 Å². The minimum atomic E-state index is -0.741. The van der Waals surface area contributed by atoms with E-state index in [1.54, 1.807) is 0 Å². The maximum absolute atomic E-state index is 15.6. The van der Waals surface area contributed by atoms with E-state index >= 15 is 4.39 Å². The number of carboxylic acid groups (broad SMARTS) is 1. The van der Waals surface area contributed by atoms with Crippen molar-refractivity contribution >= 4 is 16.9 Å². The Hall–Kier alpha value is -3.44. The van der Waals surface area contributed by atoms with Gasteiger partial charge in [-0.1, -0.05) is 48.5 Å². The van der Waals surface area contributed by atoms with Crippen LogP contribution in [0.2, 0.25) is 0 Å². The fourth-order valence-corrected chi connectivity index (χ4v) is 5.81. The molecule has 0 spiro atoms. The number of hydrogen-bond donors (Lipinski definition) is 1. The summed E-state index contributed by atoms with van der Waals surface area (Å²) in [6.45, 7) is 3.34. The highest BCUT2D eigenvalue weighted by molar-refractivity contribution is 5.87. The Kier molecular flexibility index (Phi) is 5.03. The van der Waals surface area contributed by atoms with Crippen molar-refractivity contribution in [1.82, 2.24) is 4.90 Å². The molecule has 2 heterocycles. The summed E-state index contributed by atoms with van der Waals surface area (Å²) < 4.78 is 21.7. The van der Waals surface area contributed by atoms with Crippen molar-refractivity contribution in [2.45, 2.75) is 32.2 Å². The van der Waals surface area contributed by atoms with Crippen LogP contribution in [-0.4, -0.2) is 29.1 Å². The van der Waals surface area contributed by atoms with Crippen LogP contribution in [0, 0.1) is 18.7 Å². The third kappa shape index (κ3) is 3.34. The van der Waals surface area contributed by atoms with Gasteiger partial charge < -0.3 is 9.52 Å². The average molecular weight is 456 g/mol. The third-order valence-electron chi connectivity index (χ3n) is 7.61. The van der Waals surface area contributed by atoms with Crippen molar-refractivity contribution in [3.05, 3.63) is 83.2 Å². The molecule has 0 amide bonds. The standard InChI is InChI=1S/C29H26FNO3/c1-17-21(18-6-3-2-4-7-18)8-5-9-22(17)26-15-20-14-24-23(27(30)28(20)34-26)10-11-25(24)31-13-12-19(16-31)29(32)33/h2-9,14-15,19,25H,10-13,16H2,1H3,(H,32,33). The molecule has 2 aliphatic rings. The molecule has 172 valence electrons.